The number of hydrogen-bond donors (Lipinski definition) is 3. The normalized spacial score (nSPS) is 31.9. The second kappa shape index (κ2) is 16.0. The van der Waals surface area contributed by atoms with Crippen molar-refractivity contribution in [3.63, 3.8) is 0 Å². The maximum Gasteiger partial charge on any atom is 0.327 e. The number of benzene rings is 1. The maximum atomic E-state index is 15.1. The van der Waals surface area contributed by atoms with Crippen LogP contribution < -0.4 is 10.9 Å². The third kappa shape index (κ3) is 7.83. The van der Waals surface area contributed by atoms with Crippen LogP contribution in [0.15, 0.2) is 60.3 Å². The number of amides is 1. The Morgan fingerprint density at radius 3 is 2.60 bits per heavy atom. The number of imidazole rings is 1. The Kier molecular flexibility index (Phi) is 11.2. The zero-order valence-corrected chi connectivity index (χ0v) is 33.4. The second-order valence-electron chi connectivity index (χ2n) is 13.4. The summed E-state index contributed by atoms with van der Waals surface area (Å²) in [6.45, 7) is -5.00. The lowest BCUT2D eigenvalue weighted by atomic mass is 10.0. The van der Waals surface area contributed by atoms with Gasteiger partial charge in [0.1, 0.15) is 36.3 Å². The number of nitrogens with zero attached hydrogens (tertiary/aromatic N) is 7. The molecule has 3 aliphatic heterocycles. The Morgan fingerprint density at radius 1 is 1.04 bits per heavy atom. The number of aromatic nitrogens is 7. The molecule has 0 saturated carbocycles. The largest absolute Gasteiger partial charge is 0.349 e. The molecule has 3 N–H and O–H groups in total. The number of anilines is 1. The van der Waals surface area contributed by atoms with Gasteiger partial charge >= 0.3 is 13.4 Å². The van der Waals surface area contributed by atoms with Crippen molar-refractivity contribution in [3.8, 4) is 6.07 Å². The van der Waals surface area contributed by atoms with Crippen LogP contribution in [-0.2, 0) is 55.7 Å². The van der Waals surface area contributed by atoms with E-state index in [1.165, 1.54) is 17.2 Å². The first kappa shape index (κ1) is 39.9. The molecule has 1 amide bonds. The fourth-order valence-electron chi connectivity index (χ4n) is 7.02. The standard InChI is InChI=1S/C33H34FN9O10P2S2/c1-17-21-12-48-54(46,56)52-25-18(2)32(42-11-20(34)23-28(42)37-15-39-31(23)45)51-22(25)13-49-55(57,47-10-6-9-35)53-26(17)33(50-21)43-16-40-24-27(36-14-38-29(24)43)41-30(44)19-7-4-3-5-8-19/h3-5,7-8,11,14-18,21-22,25-26,32-33H,6,10,12-13H2,1-2H3,(H,46,56)(H,37,39,45)(H,36,38,41,44)/t17-,18-,21-,22-,25+,26-,32-,33-,54?,55?/m1/s1. The third-order valence-electron chi connectivity index (χ3n) is 9.86. The number of carbonyl (C=O) groups excluding carboxylic acids is 1. The van der Waals surface area contributed by atoms with Crippen molar-refractivity contribution in [2.75, 3.05) is 25.1 Å². The first-order valence-electron chi connectivity index (χ1n) is 17.5. The average molecular weight is 862 g/mol. The molecule has 2 bridgehead atoms. The van der Waals surface area contributed by atoms with E-state index in [4.69, 9.17) is 55.7 Å². The average Bonchev–Trinajstić information content (AvgIpc) is 3.93. The lowest BCUT2D eigenvalue weighted by Gasteiger charge is -2.30. The van der Waals surface area contributed by atoms with Gasteiger partial charge in [-0.25, -0.2) is 24.3 Å². The Bertz CT molecular complexity index is 2520. The molecule has 3 fully saturated rings. The van der Waals surface area contributed by atoms with Crippen LogP contribution in [0.25, 0.3) is 22.2 Å². The summed E-state index contributed by atoms with van der Waals surface area (Å²) in [5.74, 6) is -2.23. The van der Waals surface area contributed by atoms with Crippen molar-refractivity contribution in [3.05, 3.63) is 77.2 Å². The monoisotopic (exact) mass is 861 g/mol. The predicted molar refractivity (Wildman–Crippen MR) is 205 cm³/mol. The number of nitrogens with one attached hydrogen (secondary N) is 2. The van der Waals surface area contributed by atoms with E-state index in [2.05, 4.69) is 30.2 Å². The van der Waals surface area contributed by atoms with Gasteiger partial charge in [0, 0.05) is 23.6 Å². The van der Waals surface area contributed by atoms with Gasteiger partial charge in [-0.1, -0.05) is 32.0 Å². The number of carbonyl (C=O) groups is 1. The van der Waals surface area contributed by atoms with E-state index in [9.17, 15) is 19.7 Å². The highest BCUT2D eigenvalue weighted by atomic mass is 32.5. The van der Waals surface area contributed by atoms with Gasteiger partial charge in [-0.05, 0) is 35.7 Å². The quantitative estimate of drug-likeness (QED) is 0.154. The molecule has 1 aromatic carbocycles. The van der Waals surface area contributed by atoms with Gasteiger partial charge in [-0.3, -0.25) is 14.2 Å². The van der Waals surface area contributed by atoms with Crippen LogP contribution in [-0.4, -0.2) is 89.1 Å². The predicted octanol–water partition coefficient (Wildman–Crippen LogP) is 4.21. The fraction of sp³-hybridized carbons (Fsp3) is 0.424. The molecule has 0 spiro atoms. The van der Waals surface area contributed by atoms with Crippen molar-refractivity contribution in [2.45, 2.75) is 57.1 Å². The minimum absolute atomic E-state index is 0.0209. The topological polar surface area (TPSA) is 232 Å². The Labute approximate surface area is 332 Å². The zero-order chi connectivity index (χ0) is 40.1. The molecule has 300 valence electrons. The Balaban J connectivity index is 1.12. The van der Waals surface area contributed by atoms with E-state index in [0.29, 0.717) is 5.56 Å². The van der Waals surface area contributed by atoms with Crippen LogP contribution in [0.1, 0.15) is 43.1 Å². The highest BCUT2D eigenvalue weighted by molar-refractivity contribution is 8.07. The van der Waals surface area contributed by atoms with E-state index >= 15 is 4.39 Å². The number of aromatic amines is 1. The molecular weight excluding hydrogens is 827 g/mol. The summed E-state index contributed by atoms with van der Waals surface area (Å²) < 4.78 is 61.8. The Hall–Kier alpha value is -3.94. The summed E-state index contributed by atoms with van der Waals surface area (Å²) in [5, 5.41) is 11.8. The molecule has 7 heterocycles. The van der Waals surface area contributed by atoms with Crippen LogP contribution in [0.3, 0.4) is 0 Å². The lowest BCUT2D eigenvalue weighted by Crippen LogP contribution is -2.32. The smallest absolute Gasteiger partial charge is 0.327 e. The summed E-state index contributed by atoms with van der Waals surface area (Å²) >= 11 is 11.5. The van der Waals surface area contributed by atoms with Crippen LogP contribution in [0.5, 0.6) is 0 Å². The highest BCUT2D eigenvalue weighted by Gasteiger charge is 2.51. The minimum atomic E-state index is -4.05. The summed E-state index contributed by atoms with van der Waals surface area (Å²) in [5.41, 5.74) is 0.301. The number of H-pyrrole nitrogens is 1. The molecular formula is C33H34FN9O10P2S2. The molecule has 10 atom stereocenters. The molecule has 19 nitrogen and oxygen atoms in total. The van der Waals surface area contributed by atoms with Crippen LogP contribution >= 0.6 is 13.4 Å². The van der Waals surface area contributed by atoms with Crippen LogP contribution in [0.2, 0.25) is 0 Å². The Morgan fingerprint density at radius 2 is 1.81 bits per heavy atom. The van der Waals surface area contributed by atoms with Crippen molar-refractivity contribution < 1.29 is 46.2 Å². The molecule has 2 unspecified atom stereocenters. The van der Waals surface area contributed by atoms with Gasteiger partial charge in [0.25, 0.3) is 11.5 Å². The van der Waals surface area contributed by atoms with Crippen molar-refractivity contribution in [1.29, 1.82) is 5.26 Å². The number of ether oxygens (including phenoxy) is 2. The van der Waals surface area contributed by atoms with E-state index in [-0.39, 0.29) is 54.3 Å². The molecule has 0 radical (unpaired) electrons. The second-order valence-corrected chi connectivity index (χ2v) is 19.2. The first-order valence-corrected chi connectivity index (χ1v) is 22.7. The van der Waals surface area contributed by atoms with E-state index in [1.54, 1.807) is 41.8 Å². The summed E-state index contributed by atoms with van der Waals surface area (Å²) in [7, 11) is 0. The number of hydrogen-bond acceptors (Lipinski definition) is 16. The first-order chi connectivity index (χ1) is 27.4. The molecule has 8 rings (SSSR count). The summed E-state index contributed by atoms with van der Waals surface area (Å²) in [6, 6.07) is 10.6. The highest BCUT2D eigenvalue weighted by Crippen LogP contribution is 2.58. The van der Waals surface area contributed by atoms with Crippen LogP contribution in [0, 0.1) is 29.0 Å². The molecule has 0 aliphatic carbocycles. The molecule has 57 heavy (non-hydrogen) atoms. The van der Waals surface area contributed by atoms with Crippen molar-refractivity contribution in [2.24, 2.45) is 11.8 Å². The number of halogens is 1. The number of nitriles is 1. The van der Waals surface area contributed by atoms with Gasteiger partial charge in [-0.15, -0.1) is 0 Å². The van der Waals surface area contributed by atoms with Crippen molar-refractivity contribution in [1.82, 2.24) is 34.1 Å². The SMILES string of the molecule is C[C@@H]1[C@@H]2OP(O)(=S)OC[C@H]3O[C@@H](n4cnc5c(NC(=O)c6ccccc6)ncnc54)[C@H](OP(=S)(OCCC#N)OC[C@H]2O[C@H]1n1cc(F)c2c(=O)[nH]cnc21)[C@@H]3C. The zero-order valence-electron chi connectivity index (χ0n) is 30.0. The van der Waals surface area contributed by atoms with Crippen LogP contribution in [0.4, 0.5) is 10.2 Å². The molecule has 3 aliphatic rings. The third-order valence-corrected chi connectivity index (χ3v) is 13.8. The van der Waals surface area contributed by atoms with Gasteiger partial charge < -0.3 is 51.9 Å². The fourth-order valence-corrected chi connectivity index (χ4v) is 10.7. The summed E-state index contributed by atoms with van der Waals surface area (Å²) in [6.07, 6.45) is -0.770. The molecule has 24 heteroatoms. The van der Waals surface area contributed by atoms with Gasteiger partial charge in [0.05, 0.1) is 51.1 Å². The van der Waals surface area contributed by atoms with E-state index in [0.717, 1.165) is 12.5 Å². The molecule has 5 aromatic rings. The lowest BCUT2D eigenvalue weighted by molar-refractivity contribution is -0.0613. The van der Waals surface area contributed by atoms with E-state index < -0.39 is 79.4 Å². The van der Waals surface area contributed by atoms with Gasteiger partial charge in [0.15, 0.2) is 34.7 Å². The number of rotatable bonds is 7. The minimum Gasteiger partial charge on any atom is -0.349 e. The summed E-state index contributed by atoms with van der Waals surface area (Å²) in [4.78, 5) is 56.6. The number of fused-ring (bicyclic) bond motifs is 5. The molecule has 4 aromatic heterocycles. The van der Waals surface area contributed by atoms with Gasteiger partial charge in [0.2, 0.25) is 0 Å². The van der Waals surface area contributed by atoms with E-state index in [1.807, 2.05) is 13.0 Å². The molecule has 3 saturated heterocycles. The maximum absolute atomic E-state index is 15.1. The van der Waals surface area contributed by atoms with Crippen molar-refractivity contribution >= 4 is 71.0 Å². The van der Waals surface area contributed by atoms with Gasteiger partial charge in [-0.2, -0.15) is 5.26 Å².